The van der Waals surface area contributed by atoms with Gasteiger partial charge in [0.1, 0.15) is 5.75 Å². The van der Waals surface area contributed by atoms with Gasteiger partial charge in [0.05, 0.1) is 16.6 Å². The van der Waals surface area contributed by atoms with Crippen LogP contribution in [0.2, 0.25) is 5.02 Å². The van der Waals surface area contributed by atoms with Gasteiger partial charge in [-0.2, -0.15) is 0 Å². The number of aromatic hydroxyl groups is 1. The zero-order valence-corrected chi connectivity index (χ0v) is 10.8. The standard InChI is InChI=1S/C12H14ClN3O3/c13-9-4-3-7(17)6-8(9)12(18)16-5-1-2-10(16)11(14)15-19/h3-4,6,10,17,19H,1-2,5H2,(H2,14,15). The van der Waals surface area contributed by atoms with Crippen molar-refractivity contribution in [2.45, 2.75) is 18.9 Å². The molecule has 0 saturated carbocycles. The molecule has 2 rings (SSSR count). The smallest absolute Gasteiger partial charge is 0.256 e. The van der Waals surface area contributed by atoms with Crippen molar-refractivity contribution < 1.29 is 15.1 Å². The fourth-order valence-corrected chi connectivity index (χ4v) is 2.41. The second kappa shape index (κ2) is 5.36. The number of hydrogen-bond acceptors (Lipinski definition) is 4. The van der Waals surface area contributed by atoms with Crippen molar-refractivity contribution in [3.05, 3.63) is 28.8 Å². The Bertz CT molecular complexity index is 533. The third kappa shape index (κ3) is 2.58. The topological polar surface area (TPSA) is 99.2 Å². The van der Waals surface area contributed by atoms with Gasteiger partial charge >= 0.3 is 0 Å². The van der Waals surface area contributed by atoms with Gasteiger partial charge in [-0.25, -0.2) is 0 Å². The van der Waals surface area contributed by atoms with E-state index >= 15 is 0 Å². The Morgan fingerprint density at radius 3 is 2.95 bits per heavy atom. The highest BCUT2D eigenvalue weighted by Crippen LogP contribution is 2.26. The summed E-state index contributed by atoms with van der Waals surface area (Å²) < 4.78 is 0. The highest BCUT2D eigenvalue weighted by atomic mass is 35.5. The molecule has 1 aromatic rings. The van der Waals surface area contributed by atoms with Crippen molar-refractivity contribution in [2.24, 2.45) is 10.9 Å². The lowest BCUT2D eigenvalue weighted by atomic mass is 10.1. The third-order valence-electron chi connectivity index (χ3n) is 3.15. The van der Waals surface area contributed by atoms with Crippen LogP contribution in [0.25, 0.3) is 0 Å². The maximum Gasteiger partial charge on any atom is 0.256 e. The van der Waals surface area contributed by atoms with Crippen LogP contribution in [0.15, 0.2) is 23.4 Å². The fourth-order valence-electron chi connectivity index (χ4n) is 2.22. The van der Waals surface area contributed by atoms with E-state index in [9.17, 15) is 9.90 Å². The second-order valence-corrected chi connectivity index (χ2v) is 4.75. The number of phenolic OH excluding ortho intramolecular Hbond substituents is 1. The van der Waals surface area contributed by atoms with Gasteiger partial charge in [-0.15, -0.1) is 0 Å². The summed E-state index contributed by atoms with van der Waals surface area (Å²) in [6.07, 6.45) is 1.40. The van der Waals surface area contributed by atoms with Crippen LogP contribution in [0.4, 0.5) is 0 Å². The molecule has 0 aromatic heterocycles. The first-order chi connectivity index (χ1) is 9.04. The first-order valence-corrected chi connectivity index (χ1v) is 6.19. The summed E-state index contributed by atoms with van der Waals surface area (Å²) in [5.41, 5.74) is 5.78. The zero-order valence-electron chi connectivity index (χ0n) is 10.1. The Morgan fingerprint density at radius 1 is 1.53 bits per heavy atom. The Morgan fingerprint density at radius 2 is 2.26 bits per heavy atom. The third-order valence-corrected chi connectivity index (χ3v) is 3.48. The first kappa shape index (κ1) is 13.5. The molecule has 1 aliphatic rings. The minimum atomic E-state index is -0.434. The summed E-state index contributed by atoms with van der Waals surface area (Å²) in [4.78, 5) is 13.9. The lowest BCUT2D eigenvalue weighted by Crippen LogP contribution is -2.43. The van der Waals surface area contributed by atoms with Gasteiger partial charge in [0.2, 0.25) is 0 Å². The van der Waals surface area contributed by atoms with E-state index in [1.807, 2.05) is 0 Å². The summed E-state index contributed by atoms with van der Waals surface area (Å²) in [5, 5.41) is 21.4. The van der Waals surface area contributed by atoms with E-state index in [0.29, 0.717) is 13.0 Å². The number of phenols is 1. The molecule has 1 aliphatic heterocycles. The molecule has 1 heterocycles. The van der Waals surface area contributed by atoms with E-state index < -0.39 is 6.04 Å². The Kier molecular flexibility index (Phi) is 3.80. The Hall–Kier alpha value is -1.95. The second-order valence-electron chi connectivity index (χ2n) is 4.35. The van der Waals surface area contributed by atoms with Crippen molar-refractivity contribution in [2.75, 3.05) is 6.54 Å². The molecule has 102 valence electrons. The molecule has 1 saturated heterocycles. The van der Waals surface area contributed by atoms with Crippen molar-refractivity contribution in [3.63, 3.8) is 0 Å². The Labute approximate surface area is 115 Å². The van der Waals surface area contributed by atoms with Crippen LogP contribution >= 0.6 is 11.6 Å². The number of benzene rings is 1. The largest absolute Gasteiger partial charge is 0.508 e. The number of rotatable bonds is 2. The maximum atomic E-state index is 12.4. The van der Waals surface area contributed by atoms with Crippen LogP contribution in [0.3, 0.4) is 0 Å². The van der Waals surface area contributed by atoms with Gasteiger partial charge < -0.3 is 20.9 Å². The molecule has 4 N–H and O–H groups in total. The van der Waals surface area contributed by atoms with Crippen molar-refractivity contribution in [1.29, 1.82) is 0 Å². The predicted octanol–water partition coefficient (Wildman–Crippen LogP) is 1.40. The number of hydrogen-bond donors (Lipinski definition) is 3. The normalized spacial score (nSPS) is 19.7. The van der Waals surface area contributed by atoms with Crippen LogP contribution in [-0.4, -0.2) is 39.5 Å². The number of likely N-dealkylation sites (tertiary alicyclic amines) is 1. The summed E-state index contributed by atoms with van der Waals surface area (Å²) in [6.45, 7) is 0.506. The maximum absolute atomic E-state index is 12.4. The summed E-state index contributed by atoms with van der Waals surface area (Å²) in [5.74, 6) is -0.371. The molecule has 1 atom stereocenters. The van der Waals surface area contributed by atoms with E-state index in [1.54, 1.807) is 0 Å². The van der Waals surface area contributed by atoms with E-state index in [4.69, 9.17) is 22.5 Å². The van der Waals surface area contributed by atoms with Crippen LogP contribution in [-0.2, 0) is 0 Å². The van der Waals surface area contributed by atoms with Crippen molar-refractivity contribution in [1.82, 2.24) is 4.90 Å². The molecule has 1 amide bonds. The van der Waals surface area contributed by atoms with Gasteiger partial charge in [-0.1, -0.05) is 16.8 Å². The molecule has 0 aliphatic carbocycles. The van der Waals surface area contributed by atoms with Gasteiger partial charge in [0.15, 0.2) is 5.84 Å². The molecule has 6 nitrogen and oxygen atoms in total. The highest BCUT2D eigenvalue weighted by molar-refractivity contribution is 6.34. The monoisotopic (exact) mass is 283 g/mol. The number of oxime groups is 1. The predicted molar refractivity (Wildman–Crippen MR) is 70.6 cm³/mol. The average molecular weight is 284 g/mol. The molecule has 1 fully saturated rings. The van der Waals surface area contributed by atoms with Crippen molar-refractivity contribution >= 4 is 23.3 Å². The van der Waals surface area contributed by atoms with Gasteiger partial charge in [-0.05, 0) is 31.0 Å². The molecule has 0 radical (unpaired) electrons. The SMILES string of the molecule is N/C(=N/O)C1CCCN1C(=O)c1cc(O)ccc1Cl. The van der Waals surface area contributed by atoms with E-state index in [-0.39, 0.29) is 28.1 Å². The first-order valence-electron chi connectivity index (χ1n) is 5.81. The number of carbonyl (C=O) groups is 1. The highest BCUT2D eigenvalue weighted by Gasteiger charge is 2.33. The lowest BCUT2D eigenvalue weighted by Gasteiger charge is -2.24. The number of nitrogens with two attached hydrogens (primary N) is 1. The Balaban J connectivity index is 2.31. The summed E-state index contributed by atoms with van der Waals surface area (Å²) >= 11 is 5.96. The summed E-state index contributed by atoms with van der Waals surface area (Å²) in [7, 11) is 0. The van der Waals surface area contributed by atoms with Gasteiger partial charge in [0, 0.05) is 6.54 Å². The molecule has 19 heavy (non-hydrogen) atoms. The van der Waals surface area contributed by atoms with E-state index in [1.165, 1.54) is 23.1 Å². The summed E-state index contributed by atoms with van der Waals surface area (Å²) in [6, 6.07) is 3.74. The number of carbonyl (C=O) groups excluding carboxylic acids is 1. The molecule has 0 spiro atoms. The zero-order chi connectivity index (χ0) is 14.0. The quantitative estimate of drug-likeness (QED) is 0.331. The number of amides is 1. The number of halogens is 1. The fraction of sp³-hybridized carbons (Fsp3) is 0.333. The van der Waals surface area contributed by atoms with E-state index in [2.05, 4.69) is 5.16 Å². The number of nitrogens with zero attached hydrogens (tertiary/aromatic N) is 2. The molecular formula is C12H14ClN3O3. The van der Waals surface area contributed by atoms with Gasteiger partial charge in [0.25, 0.3) is 5.91 Å². The number of amidine groups is 1. The molecule has 1 aromatic carbocycles. The molecular weight excluding hydrogens is 270 g/mol. The van der Waals surface area contributed by atoms with E-state index in [0.717, 1.165) is 6.42 Å². The minimum absolute atomic E-state index is 0.00197. The van der Waals surface area contributed by atoms with Crippen LogP contribution in [0.1, 0.15) is 23.2 Å². The lowest BCUT2D eigenvalue weighted by molar-refractivity contribution is 0.0767. The van der Waals surface area contributed by atoms with Crippen LogP contribution in [0.5, 0.6) is 5.75 Å². The minimum Gasteiger partial charge on any atom is -0.508 e. The van der Waals surface area contributed by atoms with Crippen molar-refractivity contribution in [3.8, 4) is 5.75 Å². The average Bonchev–Trinajstić information content (AvgIpc) is 2.89. The van der Waals surface area contributed by atoms with Crippen LogP contribution < -0.4 is 5.73 Å². The van der Waals surface area contributed by atoms with Gasteiger partial charge in [-0.3, -0.25) is 4.79 Å². The molecule has 1 unspecified atom stereocenters. The molecule has 7 heteroatoms. The van der Waals surface area contributed by atoms with Crippen LogP contribution in [0, 0.1) is 0 Å². The molecule has 0 bridgehead atoms.